The second-order valence-electron chi connectivity index (χ2n) is 6.72. The van der Waals surface area contributed by atoms with Crippen LogP contribution in [0.1, 0.15) is 34.5 Å². The van der Waals surface area contributed by atoms with E-state index in [9.17, 15) is 9.59 Å². The van der Waals surface area contributed by atoms with Crippen LogP contribution in [0.5, 0.6) is 0 Å². The van der Waals surface area contributed by atoms with Crippen molar-refractivity contribution in [2.75, 3.05) is 18.5 Å². The largest absolute Gasteiger partial charge is 0.465 e. The van der Waals surface area contributed by atoms with E-state index in [1.54, 1.807) is 19.1 Å². The number of ether oxygens (including phenoxy) is 1. The summed E-state index contributed by atoms with van der Waals surface area (Å²) in [6, 6.07) is 22.2. The Morgan fingerprint density at radius 2 is 1.61 bits per heavy atom. The standard InChI is InChI=1S/C24H22Br2N2O3/c1-2-31-22(29)15-27-23(16-6-4-3-5-7-16)20-14-19(26)12-13-21(20)28-24(30)17-8-10-18(25)11-9-17/h3-14,23,27H,2,15H2,1H3,(H,28,30). The van der Waals surface area contributed by atoms with Crippen LogP contribution < -0.4 is 10.6 Å². The average molecular weight is 546 g/mol. The number of carbonyl (C=O) groups excluding carboxylic acids is 2. The van der Waals surface area contributed by atoms with E-state index in [2.05, 4.69) is 42.5 Å². The molecule has 31 heavy (non-hydrogen) atoms. The normalized spacial score (nSPS) is 11.6. The van der Waals surface area contributed by atoms with Gasteiger partial charge in [0, 0.05) is 20.2 Å². The number of benzene rings is 3. The third-order valence-corrected chi connectivity index (χ3v) is 5.59. The molecule has 1 unspecified atom stereocenters. The molecular weight excluding hydrogens is 524 g/mol. The van der Waals surface area contributed by atoms with Crippen LogP contribution in [0.2, 0.25) is 0 Å². The second kappa shape index (κ2) is 11.2. The van der Waals surface area contributed by atoms with Gasteiger partial charge in [0.15, 0.2) is 0 Å². The van der Waals surface area contributed by atoms with Crippen LogP contribution in [0.25, 0.3) is 0 Å². The highest BCUT2D eigenvalue weighted by Gasteiger charge is 2.20. The molecule has 0 aliphatic heterocycles. The zero-order valence-corrected chi connectivity index (χ0v) is 20.1. The van der Waals surface area contributed by atoms with Crippen molar-refractivity contribution in [3.63, 3.8) is 0 Å². The Bertz CT molecular complexity index is 1040. The Balaban J connectivity index is 1.94. The molecule has 0 aliphatic carbocycles. The van der Waals surface area contributed by atoms with Crippen molar-refractivity contribution >= 4 is 49.4 Å². The predicted molar refractivity (Wildman–Crippen MR) is 129 cm³/mol. The maximum absolute atomic E-state index is 12.8. The monoisotopic (exact) mass is 544 g/mol. The van der Waals surface area contributed by atoms with E-state index in [0.717, 1.165) is 20.1 Å². The molecule has 3 aromatic rings. The number of hydrogen-bond acceptors (Lipinski definition) is 4. The van der Waals surface area contributed by atoms with E-state index in [-0.39, 0.29) is 24.5 Å². The molecule has 0 saturated carbocycles. The van der Waals surface area contributed by atoms with Gasteiger partial charge in [0.05, 0.1) is 19.2 Å². The van der Waals surface area contributed by atoms with Crippen molar-refractivity contribution in [2.24, 2.45) is 0 Å². The summed E-state index contributed by atoms with van der Waals surface area (Å²) in [4.78, 5) is 24.8. The van der Waals surface area contributed by atoms with Gasteiger partial charge in [-0.2, -0.15) is 0 Å². The minimum Gasteiger partial charge on any atom is -0.465 e. The predicted octanol–water partition coefficient (Wildman–Crippen LogP) is 5.71. The van der Waals surface area contributed by atoms with Crippen LogP contribution in [0.15, 0.2) is 81.7 Å². The highest BCUT2D eigenvalue weighted by molar-refractivity contribution is 9.10. The molecule has 0 spiro atoms. The van der Waals surface area contributed by atoms with Gasteiger partial charge in [0.1, 0.15) is 0 Å². The fourth-order valence-electron chi connectivity index (χ4n) is 3.13. The lowest BCUT2D eigenvalue weighted by atomic mass is 9.96. The molecule has 0 heterocycles. The average Bonchev–Trinajstić information content (AvgIpc) is 2.77. The fourth-order valence-corrected chi connectivity index (χ4v) is 3.78. The molecule has 5 nitrogen and oxygen atoms in total. The molecule has 1 amide bonds. The van der Waals surface area contributed by atoms with Gasteiger partial charge in [0.25, 0.3) is 5.91 Å². The second-order valence-corrected chi connectivity index (χ2v) is 8.55. The highest BCUT2D eigenvalue weighted by Crippen LogP contribution is 2.31. The molecule has 0 radical (unpaired) electrons. The molecule has 0 bridgehead atoms. The minimum absolute atomic E-state index is 0.0417. The summed E-state index contributed by atoms with van der Waals surface area (Å²) < 4.78 is 6.83. The summed E-state index contributed by atoms with van der Waals surface area (Å²) in [7, 11) is 0. The minimum atomic E-state index is -0.334. The summed E-state index contributed by atoms with van der Waals surface area (Å²) in [6.45, 7) is 2.14. The lowest BCUT2D eigenvalue weighted by molar-refractivity contribution is -0.142. The Hall–Kier alpha value is -2.48. The van der Waals surface area contributed by atoms with E-state index < -0.39 is 0 Å². The molecule has 1 atom stereocenters. The van der Waals surface area contributed by atoms with Crippen molar-refractivity contribution in [2.45, 2.75) is 13.0 Å². The number of anilines is 1. The Morgan fingerprint density at radius 3 is 2.29 bits per heavy atom. The zero-order valence-electron chi connectivity index (χ0n) is 16.9. The van der Waals surface area contributed by atoms with Crippen molar-refractivity contribution in [3.8, 4) is 0 Å². The van der Waals surface area contributed by atoms with E-state index in [4.69, 9.17) is 4.74 Å². The lowest BCUT2D eigenvalue weighted by Crippen LogP contribution is -2.30. The summed E-state index contributed by atoms with van der Waals surface area (Å²) in [5.74, 6) is -0.549. The molecule has 0 fully saturated rings. The van der Waals surface area contributed by atoms with Gasteiger partial charge in [-0.25, -0.2) is 0 Å². The van der Waals surface area contributed by atoms with Crippen LogP contribution in [0.4, 0.5) is 5.69 Å². The number of nitrogens with one attached hydrogen (secondary N) is 2. The van der Waals surface area contributed by atoms with Crippen LogP contribution in [0.3, 0.4) is 0 Å². The summed E-state index contributed by atoms with van der Waals surface area (Å²) in [6.07, 6.45) is 0. The van der Waals surface area contributed by atoms with Crippen LogP contribution in [-0.2, 0) is 9.53 Å². The summed E-state index contributed by atoms with van der Waals surface area (Å²) >= 11 is 6.91. The fraction of sp³-hybridized carbons (Fsp3) is 0.167. The van der Waals surface area contributed by atoms with Crippen LogP contribution in [-0.4, -0.2) is 25.0 Å². The first-order valence-corrected chi connectivity index (χ1v) is 11.4. The third kappa shape index (κ3) is 6.50. The van der Waals surface area contributed by atoms with Gasteiger partial charge in [0.2, 0.25) is 0 Å². The number of amides is 1. The van der Waals surface area contributed by atoms with Crippen molar-refractivity contribution < 1.29 is 14.3 Å². The smallest absolute Gasteiger partial charge is 0.319 e. The maximum Gasteiger partial charge on any atom is 0.319 e. The van der Waals surface area contributed by atoms with Crippen molar-refractivity contribution in [3.05, 3.63) is 98.4 Å². The zero-order chi connectivity index (χ0) is 22.2. The third-order valence-electron chi connectivity index (χ3n) is 4.57. The van der Waals surface area contributed by atoms with Crippen LogP contribution in [0, 0.1) is 0 Å². The Morgan fingerprint density at radius 1 is 0.935 bits per heavy atom. The SMILES string of the molecule is CCOC(=O)CNC(c1ccccc1)c1cc(Br)ccc1NC(=O)c1ccc(Br)cc1. The molecule has 3 aromatic carbocycles. The van der Waals surface area contributed by atoms with E-state index in [1.807, 2.05) is 60.7 Å². The van der Waals surface area contributed by atoms with Gasteiger partial charge in [-0.05, 0) is 60.5 Å². The molecule has 0 aliphatic rings. The molecule has 7 heteroatoms. The van der Waals surface area contributed by atoms with Gasteiger partial charge in [-0.3, -0.25) is 14.9 Å². The molecule has 0 saturated heterocycles. The maximum atomic E-state index is 12.8. The Labute approximate surface area is 198 Å². The number of rotatable bonds is 8. The van der Waals surface area contributed by atoms with Gasteiger partial charge in [-0.1, -0.05) is 62.2 Å². The number of halogens is 2. The molecule has 2 N–H and O–H groups in total. The summed E-state index contributed by atoms with van der Waals surface area (Å²) in [5, 5.41) is 6.28. The summed E-state index contributed by atoms with van der Waals surface area (Å²) in [5.41, 5.74) is 2.99. The van der Waals surface area contributed by atoms with Gasteiger partial charge in [-0.15, -0.1) is 0 Å². The number of carbonyl (C=O) groups is 2. The van der Waals surface area contributed by atoms with E-state index in [1.165, 1.54) is 0 Å². The Kier molecular flexibility index (Phi) is 8.40. The molecule has 0 aromatic heterocycles. The number of esters is 1. The molecule has 3 rings (SSSR count). The quantitative estimate of drug-likeness (QED) is 0.356. The first kappa shape index (κ1) is 23.2. The first-order chi connectivity index (χ1) is 15.0. The van der Waals surface area contributed by atoms with Crippen molar-refractivity contribution in [1.29, 1.82) is 0 Å². The van der Waals surface area contributed by atoms with Gasteiger partial charge >= 0.3 is 5.97 Å². The number of hydrogen-bond donors (Lipinski definition) is 2. The lowest BCUT2D eigenvalue weighted by Gasteiger charge is -2.23. The van der Waals surface area contributed by atoms with E-state index >= 15 is 0 Å². The first-order valence-electron chi connectivity index (χ1n) is 9.78. The van der Waals surface area contributed by atoms with Gasteiger partial charge < -0.3 is 10.1 Å². The topological polar surface area (TPSA) is 67.4 Å². The van der Waals surface area contributed by atoms with Crippen LogP contribution >= 0.6 is 31.9 Å². The van der Waals surface area contributed by atoms with E-state index in [0.29, 0.717) is 17.9 Å². The van der Waals surface area contributed by atoms with Crippen molar-refractivity contribution in [1.82, 2.24) is 5.32 Å². The molecule has 160 valence electrons. The molecular formula is C24H22Br2N2O3. The highest BCUT2D eigenvalue weighted by atomic mass is 79.9.